The van der Waals surface area contributed by atoms with Gasteiger partial charge in [0.15, 0.2) is 0 Å². The lowest BCUT2D eigenvalue weighted by molar-refractivity contribution is 1.20. The number of hydrogen-bond acceptors (Lipinski definition) is 4. The molecule has 0 aromatic carbocycles. The molecule has 0 saturated heterocycles. The van der Waals surface area contributed by atoms with Crippen LogP contribution in [0.15, 0.2) is 24.9 Å². The topological polar surface area (TPSA) is 83.1 Å². The maximum absolute atomic E-state index is 5.83. The number of aromatic nitrogens is 6. The molecule has 0 spiro atoms. The number of rotatable bonds is 0. The van der Waals surface area contributed by atoms with Crippen molar-refractivity contribution in [3.63, 3.8) is 0 Å². The Hall–Kier alpha value is -0.720. The van der Waals surface area contributed by atoms with Gasteiger partial charge in [-0.15, -0.1) is 0 Å². The molecule has 0 bridgehead atoms. The van der Waals surface area contributed by atoms with Crippen molar-refractivity contribution >= 4 is 90.5 Å². The molecule has 112 valence electrons. The first-order chi connectivity index (χ1) is 10.6. The Labute approximate surface area is 161 Å². The third-order valence-electron chi connectivity index (χ3n) is 2.73. The van der Waals surface area contributed by atoms with E-state index in [2.05, 4.69) is 75.1 Å². The molecule has 0 atom stereocenters. The van der Waals surface area contributed by atoms with Crippen LogP contribution in [0.4, 0.5) is 0 Å². The summed E-state index contributed by atoms with van der Waals surface area (Å²) < 4.78 is 2.15. The number of nitrogens with one attached hydrogen (secondary N) is 2. The summed E-state index contributed by atoms with van der Waals surface area (Å²) in [7, 11) is 0. The van der Waals surface area contributed by atoms with E-state index in [9.17, 15) is 0 Å². The van der Waals surface area contributed by atoms with Gasteiger partial charge in [0.25, 0.3) is 0 Å². The molecule has 0 radical (unpaired) electrons. The maximum atomic E-state index is 5.83. The summed E-state index contributed by atoms with van der Waals surface area (Å²) >= 11 is 15.8. The van der Waals surface area contributed by atoms with Gasteiger partial charge >= 0.3 is 0 Å². The van der Waals surface area contributed by atoms with Crippen LogP contribution in [0.25, 0.3) is 22.1 Å². The predicted molar refractivity (Wildman–Crippen MR) is 103 cm³/mol. The molecular formula is C12H6Cl2I2N6. The average molecular weight is 559 g/mol. The monoisotopic (exact) mass is 558 g/mol. The van der Waals surface area contributed by atoms with E-state index in [1.54, 1.807) is 6.20 Å². The third-order valence-corrected chi connectivity index (χ3v) is 4.94. The number of H-pyrrole nitrogens is 2. The Morgan fingerprint density at radius 3 is 2.41 bits per heavy atom. The Kier molecular flexibility index (Phi) is 5.00. The summed E-state index contributed by atoms with van der Waals surface area (Å²) in [5.41, 5.74) is 1.57. The lowest BCUT2D eigenvalue weighted by Crippen LogP contribution is -1.81. The lowest BCUT2D eigenvalue weighted by Gasteiger charge is -1.90. The van der Waals surface area contributed by atoms with Gasteiger partial charge in [0.1, 0.15) is 22.8 Å². The minimum Gasteiger partial charge on any atom is -0.345 e. The van der Waals surface area contributed by atoms with Crippen molar-refractivity contribution in [2.24, 2.45) is 0 Å². The second kappa shape index (κ2) is 6.81. The Balaban J connectivity index is 0.000000131. The Morgan fingerprint density at radius 1 is 0.909 bits per heavy atom. The molecule has 0 aliphatic rings. The SMILES string of the molecule is Clc1ncc2c(I)c[nH]c2n1.Clc1ncnc2[nH]cc(I)c12. The van der Waals surface area contributed by atoms with E-state index in [1.165, 1.54) is 6.33 Å². The van der Waals surface area contributed by atoms with Crippen molar-refractivity contribution in [2.45, 2.75) is 0 Å². The maximum Gasteiger partial charge on any atom is 0.224 e. The minimum absolute atomic E-state index is 0.274. The highest BCUT2D eigenvalue weighted by atomic mass is 127. The lowest BCUT2D eigenvalue weighted by atomic mass is 10.4. The van der Waals surface area contributed by atoms with Crippen molar-refractivity contribution in [1.29, 1.82) is 0 Å². The van der Waals surface area contributed by atoms with Gasteiger partial charge in [-0.1, -0.05) is 11.6 Å². The van der Waals surface area contributed by atoms with E-state index in [1.807, 2.05) is 12.4 Å². The van der Waals surface area contributed by atoms with Crippen LogP contribution < -0.4 is 0 Å². The fourth-order valence-corrected chi connectivity index (χ4v) is 3.49. The summed E-state index contributed by atoms with van der Waals surface area (Å²) in [6.07, 6.45) is 6.88. The highest BCUT2D eigenvalue weighted by Gasteiger charge is 2.05. The van der Waals surface area contributed by atoms with Crippen LogP contribution in [0.3, 0.4) is 0 Å². The Bertz CT molecular complexity index is 951. The molecule has 4 aromatic rings. The van der Waals surface area contributed by atoms with Gasteiger partial charge < -0.3 is 9.97 Å². The summed E-state index contributed by atoms with van der Waals surface area (Å²) in [5, 5.41) is 2.68. The molecule has 10 heteroatoms. The zero-order valence-electron chi connectivity index (χ0n) is 10.6. The van der Waals surface area contributed by atoms with Crippen LogP contribution in [-0.2, 0) is 0 Å². The molecule has 2 N–H and O–H groups in total. The molecule has 4 heterocycles. The van der Waals surface area contributed by atoms with E-state index in [0.717, 1.165) is 29.2 Å². The van der Waals surface area contributed by atoms with Gasteiger partial charge in [-0.2, -0.15) is 4.98 Å². The van der Waals surface area contributed by atoms with Crippen LogP contribution in [0.2, 0.25) is 10.4 Å². The molecule has 0 aliphatic heterocycles. The zero-order valence-corrected chi connectivity index (χ0v) is 16.4. The highest BCUT2D eigenvalue weighted by Crippen LogP contribution is 2.23. The molecule has 0 amide bonds. The van der Waals surface area contributed by atoms with Crippen LogP contribution in [0, 0.1) is 7.14 Å². The quantitative estimate of drug-likeness (QED) is 0.190. The highest BCUT2D eigenvalue weighted by molar-refractivity contribution is 14.1. The second-order valence-corrected chi connectivity index (χ2v) is 7.08. The van der Waals surface area contributed by atoms with Gasteiger partial charge in [0.2, 0.25) is 5.28 Å². The van der Waals surface area contributed by atoms with E-state index < -0.39 is 0 Å². The average Bonchev–Trinajstić information content (AvgIpc) is 3.05. The normalized spacial score (nSPS) is 10.7. The largest absolute Gasteiger partial charge is 0.345 e. The first-order valence-electron chi connectivity index (χ1n) is 5.84. The first kappa shape index (κ1) is 16.1. The van der Waals surface area contributed by atoms with Crippen molar-refractivity contribution < 1.29 is 0 Å². The fraction of sp³-hybridized carbons (Fsp3) is 0. The molecule has 0 fully saturated rings. The van der Waals surface area contributed by atoms with Crippen LogP contribution in [-0.4, -0.2) is 29.9 Å². The van der Waals surface area contributed by atoms with E-state index in [0.29, 0.717) is 5.15 Å². The van der Waals surface area contributed by atoms with Gasteiger partial charge in [-0.25, -0.2) is 15.0 Å². The number of halogens is 4. The van der Waals surface area contributed by atoms with Gasteiger partial charge in [-0.3, -0.25) is 0 Å². The molecule has 4 rings (SSSR count). The van der Waals surface area contributed by atoms with Gasteiger partial charge in [0, 0.05) is 25.7 Å². The molecule has 0 unspecified atom stereocenters. The van der Waals surface area contributed by atoms with E-state index in [4.69, 9.17) is 23.2 Å². The first-order valence-corrected chi connectivity index (χ1v) is 8.76. The van der Waals surface area contributed by atoms with Crippen LogP contribution >= 0.6 is 68.4 Å². The van der Waals surface area contributed by atoms with Crippen molar-refractivity contribution in [3.05, 3.63) is 42.5 Å². The van der Waals surface area contributed by atoms with Gasteiger partial charge in [0.05, 0.1) is 10.8 Å². The molecular weight excluding hydrogens is 553 g/mol. The van der Waals surface area contributed by atoms with Crippen LogP contribution in [0.1, 0.15) is 0 Å². The van der Waals surface area contributed by atoms with Gasteiger partial charge in [-0.05, 0) is 56.8 Å². The summed E-state index contributed by atoms with van der Waals surface area (Å²) in [6.45, 7) is 0. The minimum atomic E-state index is 0.274. The van der Waals surface area contributed by atoms with E-state index in [-0.39, 0.29) is 5.28 Å². The fourth-order valence-electron chi connectivity index (χ4n) is 1.74. The molecule has 4 aromatic heterocycles. The molecule has 22 heavy (non-hydrogen) atoms. The molecule has 6 nitrogen and oxygen atoms in total. The molecule has 0 saturated carbocycles. The summed E-state index contributed by atoms with van der Waals surface area (Å²) in [6, 6.07) is 0. The number of hydrogen-bond donors (Lipinski definition) is 2. The van der Waals surface area contributed by atoms with Crippen molar-refractivity contribution in [1.82, 2.24) is 29.9 Å². The smallest absolute Gasteiger partial charge is 0.224 e. The third kappa shape index (κ3) is 3.29. The second-order valence-electron chi connectivity index (χ2n) is 4.06. The van der Waals surface area contributed by atoms with Crippen molar-refractivity contribution in [2.75, 3.05) is 0 Å². The Morgan fingerprint density at radius 2 is 1.64 bits per heavy atom. The number of nitrogens with zero attached hydrogens (tertiary/aromatic N) is 4. The van der Waals surface area contributed by atoms with E-state index >= 15 is 0 Å². The van der Waals surface area contributed by atoms with Crippen molar-refractivity contribution in [3.8, 4) is 0 Å². The zero-order chi connectivity index (χ0) is 15.7. The summed E-state index contributed by atoms with van der Waals surface area (Å²) in [4.78, 5) is 21.7. The predicted octanol–water partition coefficient (Wildman–Crippen LogP) is 4.43. The summed E-state index contributed by atoms with van der Waals surface area (Å²) in [5.74, 6) is 0. The molecule has 0 aliphatic carbocycles. The van der Waals surface area contributed by atoms with Crippen LogP contribution in [0.5, 0.6) is 0 Å². The number of aromatic amines is 2. The standard InChI is InChI=1S/2C6H3ClIN3/c7-5-4-3(8)1-9-6(4)11-2-10-5;7-6-10-1-3-4(8)2-9-5(3)11-6/h2*1-2H,(H,9,10,11). The number of fused-ring (bicyclic) bond motifs is 2.